The maximum Gasteiger partial charge on any atom is 0.0950 e. The summed E-state index contributed by atoms with van der Waals surface area (Å²) in [5.41, 5.74) is 7.21. The van der Waals surface area contributed by atoms with Crippen LogP contribution in [0.4, 0.5) is 0 Å². The van der Waals surface area contributed by atoms with Crippen LogP contribution in [0.2, 0.25) is 0 Å². The first kappa shape index (κ1) is 12.6. The molecule has 96 valence electrons. The number of nitrogens with zero attached hydrogens (tertiary/aromatic N) is 3. The van der Waals surface area contributed by atoms with Gasteiger partial charge in [0.25, 0.3) is 0 Å². The molecule has 17 heavy (non-hydrogen) atoms. The Kier molecular flexibility index (Phi) is 3.84. The predicted octanol–water partition coefficient (Wildman–Crippen LogP) is 1.46. The third kappa shape index (κ3) is 3.54. The van der Waals surface area contributed by atoms with Crippen LogP contribution >= 0.6 is 0 Å². The summed E-state index contributed by atoms with van der Waals surface area (Å²) < 4.78 is 2.07. The van der Waals surface area contributed by atoms with E-state index in [1.165, 1.54) is 25.9 Å². The van der Waals surface area contributed by atoms with Gasteiger partial charge >= 0.3 is 0 Å². The van der Waals surface area contributed by atoms with Crippen molar-refractivity contribution in [3.63, 3.8) is 0 Å². The summed E-state index contributed by atoms with van der Waals surface area (Å²) in [5.74, 6) is 0. The first-order valence-corrected chi connectivity index (χ1v) is 6.52. The van der Waals surface area contributed by atoms with Gasteiger partial charge in [-0.25, -0.2) is 4.98 Å². The lowest BCUT2D eigenvalue weighted by molar-refractivity contribution is 0.126. The molecule has 0 aromatic carbocycles. The molecular formula is C13H24N4. The van der Waals surface area contributed by atoms with E-state index in [0.717, 1.165) is 18.8 Å². The first-order valence-electron chi connectivity index (χ1n) is 6.52. The van der Waals surface area contributed by atoms with Gasteiger partial charge in [-0.05, 0) is 31.3 Å². The highest BCUT2D eigenvalue weighted by molar-refractivity contribution is 4.97. The van der Waals surface area contributed by atoms with Crippen LogP contribution < -0.4 is 5.73 Å². The van der Waals surface area contributed by atoms with Crippen molar-refractivity contribution in [3.05, 3.63) is 18.2 Å². The van der Waals surface area contributed by atoms with E-state index in [1.807, 2.05) is 6.33 Å². The maximum atomic E-state index is 5.52. The fourth-order valence-electron chi connectivity index (χ4n) is 2.30. The molecule has 0 saturated carbocycles. The predicted molar refractivity (Wildman–Crippen MR) is 69.6 cm³/mol. The minimum Gasteiger partial charge on any atom is -0.336 e. The standard InChI is InChI=1S/C13H24N4/c1-13(2)3-6-16(7-4-13)9-12-10-17(8-5-14)11-15-12/h10-11H,3-9,14H2,1-2H3. The topological polar surface area (TPSA) is 47.1 Å². The van der Waals surface area contributed by atoms with Gasteiger partial charge in [-0.3, -0.25) is 4.90 Å². The number of rotatable bonds is 4. The molecule has 0 bridgehead atoms. The van der Waals surface area contributed by atoms with Crippen LogP contribution in [0, 0.1) is 5.41 Å². The van der Waals surface area contributed by atoms with Crippen molar-refractivity contribution in [1.29, 1.82) is 0 Å². The summed E-state index contributed by atoms with van der Waals surface area (Å²) >= 11 is 0. The maximum absolute atomic E-state index is 5.52. The van der Waals surface area contributed by atoms with E-state index in [4.69, 9.17) is 5.73 Å². The molecule has 0 amide bonds. The normalized spacial score (nSPS) is 20.6. The lowest BCUT2D eigenvalue weighted by Crippen LogP contribution is -2.36. The van der Waals surface area contributed by atoms with E-state index in [0.29, 0.717) is 12.0 Å². The van der Waals surface area contributed by atoms with Crippen LogP contribution in [0.3, 0.4) is 0 Å². The van der Waals surface area contributed by atoms with Gasteiger partial charge in [-0.1, -0.05) is 13.8 Å². The zero-order valence-electron chi connectivity index (χ0n) is 11.0. The van der Waals surface area contributed by atoms with Crippen molar-refractivity contribution in [2.45, 2.75) is 39.8 Å². The highest BCUT2D eigenvalue weighted by Crippen LogP contribution is 2.30. The van der Waals surface area contributed by atoms with E-state index in [-0.39, 0.29) is 0 Å². The molecule has 1 saturated heterocycles. The van der Waals surface area contributed by atoms with E-state index in [1.54, 1.807) is 0 Å². The zero-order valence-corrected chi connectivity index (χ0v) is 11.0. The van der Waals surface area contributed by atoms with Crippen molar-refractivity contribution in [3.8, 4) is 0 Å². The van der Waals surface area contributed by atoms with Crippen LogP contribution in [-0.4, -0.2) is 34.1 Å². The quantitative estimate of drug-likeness (QED) is 0.861. The monoisotopic (exact) mass is 236 g/mol. The Morgan fingerprint density at radius 1 is 1.35 bits per heavy atom. The molecule has 0 aliphatic carbocycles. The SMILES string of the molecule is CC1(C)CCN(Cc2cn(CCN)cn2)CC1. The summed E-state index contributed by atoms with van der Waals surface area (Å²) in [5, 5.41) is 0. The number of likely N-dealkylation sites (tertiary alicyclic amines) is 1. The average Bonchev–Trinajstić information content (AvgIpc) is 2.70. The fraction of sp³-hybridized carbons (Fsp3) is 0.769. The highest BCUT2D eigenvalue weighted by Gasteiger charge is 2.25. The van der Waals surface area contributed by atoms with Crippen molar-refractivity contribution >= 4 is 0 Å². The summed E-state index contributed by atoms with van der Waals surface area (Å²) in [6.45, 7) is 9.62. The van der Waals surface area contributed by atoms with Crippen molar-refractivity contribution in [2.24, 2.45) is 11.1 Å². The molecule has 4 heteroatoms. The van der Waals surface area contributed by atoms with E-state index in [9.17, 15) is 0 Å². The molecule has 1 aromatic rings. The smallest absolute Gasteiger partial charge is 0.0950 e. The number of hydrogen-bond donors (Lipinski definition) is 1. The van der Waals surface area contributed by atoms with Crippen LogP contribution in [0.1, 0.15) is 32.4 Å². The third-order valence-electron chi connectivity index (χ3n) is 3.67. The Morgan fingerprint density at radius 2 is 2.06 bits per heavy atom. The van der Waals surface area contributed by atoms with Gasteiger partial charge in [0, 0.05) is 25.8 Å². The lowest BCUT2D eigenvalue weighted by Gasteiger charge is -2.36. The van der Waals surface area contributed by atoms with Gasteiger partial charge in [0.15, 0.2) is 0 Å². The molecule has 2 rings (SSSR count). The molecule has 2 heterocycles. The van der Waals surface area contributed by atoms with Gasteiger partial charge < -0.3 is 10.3 Å². The second-order valence-corrected chi connectivity index (χ2v) is 5.83. The van der Waals surface area contributed by atoms with Gasteiger partial charge in [-0.2, -0.15) is 0 Å². The van der Waals surface area contributed by atoms with Gasteiger partial charge in [-0.15, -0.1) is 0 Å². The first-order chi connectivity index (χ1) is 8.09. The molecule has 1 fully saturated rings. The molecule has 0 spiro atoms. The fourth-order valence-corrected chi connectivity index (χ4v) is 2.30. The van der Waals surface area contributed by atoms with E-state index >= 15 is 0 Å². The number of imidazole rings is 1. The van der Waals surface area contributed by atoms with Crippen LogP contribution in [0.15, 0.2) is 12.5 Å². The summed E-state index contributed by atoms with van der Waals surface area (Å²) in [7, 11) is 0. The van der Waals surface area contributed by atoms with Gasteiger partial charge in [0.1, 0.15) is 0 Å². The summed E-state index contributed by atoms with van der Waals surface area (Å²) in [6.07, 6.45) is 6.58. The Labute approximate surface area is 104 Å². The largest absolute Gasteiger partial charge is 0.336 e. The number of aromatic nitrogens is 2. The third-order valence-corrected chi connectivity index (χ3v) is 3.67. The van der Waals surface area contributed by atoms with E-state index < -0.39 is 0 Å². The molecule has 4 nitrogen and oxygen atoms in total. The number of nitrogens with two attached hydrogens (primary N) is 1. The van der Waals surface area contributed by atoms with E-state index in [2.05, 4.69) is 34.5 Å². The molecule has 1 aliphatic rings. The Morgan fingerprint density at radius 3 is 2.71 bits per heavy atom. The van der Waals surface area contributed by atoms with Crippen LogP contribution in [-0.2, 0) is 13.1 Å². The lowest BCUT2D eigenvalue weighted by atomic mass is 9.83. The Balaban J connectivity index is 1.84. The summed E-state index contributed by atoms with van der Waals surface area (Å²) in [6, 6.07) is 0. The highest BCUT2D eigenvalue weighted by atomic mass is 15.1. The minimum absolute atomic E-state index is 0.523. The average molecular weight is 236 g/mol. The second-order valence-electron chi connectivity index (χ2n) is 5.83. The van der Waals surface area contributed by atoms with Crippen LogP contribution in [0.25, 0.3) is 0 Å². The number of hydrogen-bond acceptors (Lipinski definition) is 3. The van der Waals surface area contributed by atoms with Crippen molar-refractivity contribution < 1.29 is 0 Å². The number of piperidine rings is 1. The molecule has 0 radical (unpaired) electrons. The van der Waals surface area contributed by atoms with Gasteiger partial charge in [0.2, 0.25) is 0 Å². The molecule has 1 aromatic heterocycles. The van der Waals surface area contributed by atoms with Crippen molar-refractivity contribution in [1.82, 2.24) is 14.5 Å². The molecule has 1 aliphatic heterocycles. The molecule has 2 N–H and O–H groups in total. The molecule has 0 atom stereocenters. The molecule has 0 unspecified atom stereocenters. The Bertz CT molecular complexity index is 346. The van der Waals surface area contributed by atoms with Crippen LogP contribution in [0.5, 0.6) is 0 Å². The Hall–Kier alpha value is -0.870. The summed E-state index contributed by atoms with van der Waals surface area (Å²) in [4.78, 5) is 6.93. The zero-order chi connectivity index (χ0) is 12.3. The second kappa shape index (κ2) is 5.19. The molecular weight excluding hydrogens is 212 g/mol. The van der Waals surface area contributed by atoms with Gasteiger partial charge in [0.05, 0.1) is 12.0 Å². The van der Waals surface area contributed by atoms with Crippen molar-refractivity contribution in [2.75, 3.05) is 19.6 Å². The minimum atomic E-state index is 0.523.